The van der Waals surface area contributed by atoms with Crippen LogP contribution in [0.3, 0.4) is 0 Å². The smallest absolute Gasteiger partial charge is 0.141 e. The maximum absolute atomic E-state index is 12.8. The second kappa shape index (κ2) is 11.9. The molecule has 0 aromatic heterocycles. The largest absolute Gasteiger partial charge is 0.392 e. The first-order valence-corrected chi connectivity index (χ1v) is 15.4. The molecule has 0 saturated heterocycles. The number of Topliss-reactive ketones (excluding diaryl/α,β-unsaturated/α-hetero) is 1. The molecule has 0 radical (unpaired) electrons. The molecule has 0 amide bonds. The molecular weight excluding hydrogens is 472 g/mol. The molecule has 4 aliphatic carbocycles. The molecule has 0 bridgehead atoms. The van der Waals surface area contributed by atoms with Crippen molar-refractivity contribution in [3.8, 4) is 0 Å². The average Bonchev–Trinajstić information content (AvgIpc) is 3.63. The molecule has 4 saturated carbocycles. The van der Waals surface area contributed by atoms with Crippen molar-refractivity contribution in [1.29, 1.82) is 0 Å². The lowest BCUT2D eigenvalue weighted by Crippen LogP contribution is -2.36. The fourth-order valence-electron chi connectivity index (χ4n) is 8.04. The predicted molar refractivity (Wildman–Crippen MR) is 154 cm³/mol. The van der Waals surface area contributed by atoms with Crippen LogP contribution in [0.1, 0.15) is 105 Å². The maximum Gasteiger partial charge on any atom is 0.141 e. The zero-order chi connectivity index (χ0) is 27.7. The molecule has 4 heteroatoms. The van der Waals surface area contributed by atoms with Gasteiger partial charge >= 0.3 is 0 Å². The number of carbonyl (C=O) groups is 1. The van der Waals surface area contributed by atoms with Crippen molar-refractivity contribution in [2.45, 2.75) is 123 Å². The number of aliphatic hydroxyl groups is 3. The van der Waals surface area contributed by atoms with Gasteiger partial charge in [0, 0.05) is 12.3 Å². The minimum absolute atomic E-state index is 0.178. The minimum Gasteiger partial charge on any atom is -0.392 e. The Labute approximate surface area is 231 Å². The van der Waals surface area contributed by atoms with Gasteiger partial charge < -0.3 is 15.3 Å². The molecule has 4 fully saturated rings. The fourth-order valence-corrected chi connectivity index (χ4v) is 8.04. The third-order valence-electron chi connectivity index (χ3n) is 11.0. The highest BCUT2D eigenvalue weighted by Gasteiger charge is 2.54. The van der Waals surface area contributed by atoms with E-state index in [0.717, 1.165) is 49.7 Å². The lowest BCUT2D eigenvalue weighted by atomic mass is 9.61. The van der Waals surface area contributed by atoms with Gasteiger partial charge in [0.15, 0.2) is 0 Å². The number of rotatable bonds is 10. The van der Waals surface area contributed by atoms with Gasteiger partial charge in [-0.25, -0.2) is 0 Å². The van der Waals surface area contributed by atoms with E-state index in [4.69, 9.17) is 0 Å². The predicted octanol–water partition coefficient (Wildman–Crippen LogP) is 6.86. The number of hydrogen-bond acceptors (Lipinski definition) is 4. The second-order valence-electron chi connectivity index (χ2n) is 13.4. The molecule has 4 aliphatic rings. The van der Waals surface area contributed by atoms with Crippen LogP contribution in [0, 0.1) is 34.5 Å². The quantitative estimate of drug-likeness (QED) is 0.216. The first-order chi connectivity index (χ1) is 18.0. The lowest BCUT2D eigenvalue weighted by molar-refractivity contribution is -0.127. The Hall–Kier alpha value is -1.49. The molecule has 0 aromatic carbocycles. The molecular formula is C34H52O4. The highest BCUT2D eigenvalue weighted by molar-refractivity contribution is 5.88. The summed E-state index contributed by atoms with van der Waals surface area (Å²) in [5, 5.41) is 31.8. The topological polar surface area (TPSA) is 77.8 Å². The highest BCUT2D eigenvalue weighted by Crippen LogP contribution is 2.60. The van der Waals surface area contributed by atoms with Crippen LogP contribution in [-0.2, 0) is 4.79 Å². The van der Waals surface area contributed by atoms with Gasteiger partial charge in [0.05, 0.1) is 23.7 Å². The summed E-state index contributed by atoms with van der Waals surface area (Å²) in [6.07, 6.45) is 18.5. The van der Waals surface area contributed by atoms with Gasteiger partial charge in [0.25, 0.3) is 0 Å². The summed E-state index contributed by atoms with van der Waals surface area (Å²) in [5.41, 5.74) is 2.93. The van der Waals surface area contributed by atoms with Crippen molar-refractivity contribution in [1.82, 2.24) is 0 Å². The van der Waals surface area contributed by atoms with Crippen LogP contribution in [0.15, 0.2) is 47.6 Å². The van der Waals surface area contributed by atoms with E-state index in [1.807, 2.05) is 13.0 Å². The molecule has 3 N–H and O–H groups in total. The van der Waals surface area contributed by atoms with Crippen molar-refractivity contribution in [3.05, 3.63) is 47.6 Å². The first kappa shape index (κ1) is 29.5. The summed E-state index contributed by atoms with van der Waals surface area (Å²) in [5.74, 6) is 1.53. The maximum atomic E-state index is 12.8. The first-order valence-electron chi connectivity index (χ1n) is 15.4. The van der Waals surface area contributed by atoms with Crippen LogP contribution >= 0.6 is 0 Å². The Morgan fingerprint density at radius 2 is 1.87 bits per heavy atom. The Morgan fingerprint density at radius 1 is 1.13 bits per heavy atom. The SMILES string of the molecule is C=C1C(=CC=C2CCC[C@]3(C)[C@@H]([C@H](C)C=CC(O)C4(C(=O)CCCCC)CC4)CC[C@@H]23)C[C@@H](O)[C@H](C)[C@@H]1O. The average molecular weight is 525 g/mol. The van der Waals surface area contributed by atoms with Crippen LogP contribution in [0.4, 0.5) is 0 Å². The van der Waals surface area contributed by atoms with E-state index in [9.17, 15) is 20.1 Å². The van der Waals surface area contributed by atoms with Gasteiger partial charge in [-0.15, -0.1) is 0 Å². The summed E-state index contributed by atoms with van der Waals surface area (Å²) in [6.45, 7) is 12.9. The van der Waals surface area contributed by atoms with Crippen molar-refractivity contribution in [3.63, 3.8) is 0 Å². The van der Waals surface area contributed by atoms with Crippen molar-refractivity contribution < 1.29 is 20.1 Å². The molecule has 4 nitrogen and oxygen atoms in total. The number of fused-ring (bicyclic) bond motifs is 1. The van der Waals surface area contributed by atoms with Gasteiger partial charge in [-0.2, -0.15) is 0 Å². The van der Waals surface area contributed by atoms with Gasteiger partial charge in [-0.1, -0.05) is 77.0 Å². The number of carbonyl (C=O) groups excluding carboxylic acids is 1. The number of ketones is 1. The Morgan fingerprint density at radius 3 is 2.55 bits per heavy atom. The van der Waals surface area contributed by atoms with Crippen LogP contribution in [0.2, 0.25) is 0 Å². The lowest BCUT2D eigenvalue weighted by Gasteiger charge is -2.44. The van der Waals surface area contributed by atoms with Gasteiger partial charge in [0.1, 0.15) is 5.78 Å². The van der Waals surface area contributed by atoms with E-state index in [2.05, 4.69) is 45.6 Å². The number of hydrogen-bond donors (Lipinski definition) is 3. The second-order valence-corrected chi connectivity index (χ2v) is 13.4. The zero-order valence-corrected chi connectivity index (χ0v) is 24.3. The van der Waals surface area contributed by atoms with E-state index < -0.39 is 23.7 Å². The molecule has 38 heavy (non-hydrogen) atoms. The molecule has 0 heterocycles. The van der Waals surface area contributed by atoms with Gasteiger partial charge in [0.2, 0.25) is 0 Å². The normalized spacial score (nSPS) is 38.5. The summed E-state index contributed by atoms with van der Waals surface area (Å²) < 4.78 is 0. The van der Waals surface area contributed by atoms with E-state index in [1.165, 1.54) is 31.3 Å². The summed E-state index contributed by atoms with van der Waals surface area (Å²) in [6, 6.07) is 0. The van der Waals surface area contributed by atoms with Gasteiger partial charge in [-0.05, 0) is 92.1 Å². The van der Waals surface area contributed by atoms with E-state index in [0.29, 0.717) is 30.6 Å². The van der Waals surface area contributed by atoms with Gasteiger partial charge in [-0.3, -0.25) is 4.79 Å². The van der Waals surface area contributed by atoms with Crippen LogP contribution in [0.5, 0.6) is 0 Å². The van der Waals surface area contributed by atoms with Crippen LogP contribution in [0.25, 0.3) is 0 Å². The Balaban J connectivity index is 1.42. The van der Waals surface area contributed by atoms with Crippen molar-refractivity contribution in [2.24, 2.45) is 34.5 Å². The van der Waals surface area contributed by atoms with E-state index in [-0.39, 0.29) is 17.1 Å². The molecule has 8 atom stereocenters. The summed E-state index contributed by atoms with van der Waals surface area (Å²) >= 11 is 0. The number of allylic oxidation sites excluding steroid dienone is 4. The zero-order valence-electron chi connectivity index (χ0n) is 24.3. The number of aliphatic hydroxyl groups excluding tert-OH is 3. The van der Waals surface area contributed by atoms with Crippen LogP contribution in [-0.4, -0.2) is 39.4 Å². The molecule has 0 spiro atoms. The monoisotopic (exact) mass is 524 g/mol. The standard InChI is InChI=1S/C34H52O4/c1-6-7-8-11-30(36)34(19-20-34)31(37)17-12-22(2)27-15-16-28-25(10-9-18-33(27,28)5)13-14-26-21-29(35)24(4)32(38)23(26)3/h12-14,17,22,24,27-29,31-32,35,37-38H,3,6-11,15-16,18-21H2,1-2,4-5H3/t22-,24+,27-,28+,29-,31?,32-,33-/m1/s1. The number of unbranched alkanes of at least 4 members (excludes halogenated alkanes) is 2. The van der Waals surface area contributed by atoms with E-state index >= 15 is 0 Å². The minimum atomic E-state index is -0.680. The van der Waals surface area contributed by atoms with E-state index in [1.54, 1.807) is 0 Å². The summed E-state index contributed by atoms with van der Waals surface area (Å²) in [4.78, 5) is 12.8. The third kappa shape index (κ3) is 5.69. The molecule has 212 valence electrons. The summed E-state index contributed by atoms with van der Waals surface area (Å²) in [7, 11) is 0. The van der Waals surface area contributed by atoms with Crippen molar-refractivity contribution in [2.75, 3.05) is 0 Å². The molecule has 4 rings (SSSR count). The third-order valence-corrected chi connectivity index (χ3v) is 11.0. The van der Waals surface area contributed by atoms with Crippen LogP contribution < -0.4 is 0 Å². The fraction of sp³-hybridized carbons (Fsp3) is 0.735. The molecule has 0 aromatic rings. The molecule has 0 aliphatic heterocycles. The molecule has 1 unspecified atom stereocenters. The highest BCUT2D eigenvalue weighted by atomic mass is 16.3. The van der Waals surface area contributed by atoms with Crippen molar-refractivity contribution >= 4 is 5.78 Å². The Kier molecular flexibility index (Phi) is 9.27. The Bertz CT molecular complexity index is 969.